The number of Topliss-reactive ketones (excluding diaryl/α,β-unsaturated/α-hetero) is 1. The van der Waals surface area contributed by atoms with Crippen molar-refractivity contribution in [3.63, 3.8) is 0 Å². The van der Waals surface area contributed by atoms with Gasteiger partial charge in [-0.25, -0.2) is 4.57 Å². The Labute approximate surface area is 358 Å². The average Bonchev–Trinajstić information content (AvgIpc) is 3.47. The number of ether oxygens (including phenoxy) is 2. The lowest BCUT2D eigenvalue weighted by molar-refractivity contribution is -0.161. The number of aliphatic hydroxyl groups excluding tert-OH is 3. The Kier molecular flexibility index (Phi) is 31.5. The zero-order chi connectivity index (χ0) is 44.6. The number of unbranched alkanes of at least 4 members (excludes halogenated alkanes) is 14. The van der Waals surface area contributed by atoms with E-state index in [0.717, 1.165) is 57.8 Å². The number of hydrogen-bond donors (Lipinski definition) is 6. The highest BCUT2D eigenvalue weighted by Gasteiger charge is 2.41. The van der Waals surface area contributed by atoms with Crippen molar-refractivity contribution in [2.75, 3.05) is 19.8 Å². The van der Waals surface area contributed by atoms with Crippen molar-refractivity contribution in [3.05, 3.63) is 24.3 Å². The fraction of sp³-hybridized carbons (Fsp3) is 0.818. The molecule has 1 aliphatic carbocycles. The van der Waals surface area contributed by atoms with Crippen LogP contribution in [0, 0.1) is 11.8 Å². The van der Waals surface area contributed by atoms with Crippen LogP contribution in [0.4, 0.5) is 0 Å². The van der Waals surface area contributed by atoms with E-state index in [9.17, 15) is 44.0 Å². The molecular weight excluding hydrogens is 797 g/mol. The van der Waals surface area contributed by atoms with Crippen molar-refractivity contribution in [3.8, 4) is 0 Å². The summed E-state index contributed by atoms with van der Waals surface area (Å²) in [6.07, 6.45) is 23.1. The Balaban J connectivity index is 2.52. The zero-order valence-electron chi connectivity index (χ0n) is 36.4. The van der Waals surface area contributed by atoms with Crippen LogP contribution in [0.2, 0.25) is 0 Å². The van der Waals surface area contributed by atoms with Crippen LogP contribution in [0.5, 0.6) is 0 Å². The van der Waals surface area contributed by atoms with Crippen LogP contribution in [0.3, 0.4) is 0 Å². The first-order valence-corrected chi connectivity index (χ1v) is 24.0. The number of aliphatic carboxylic acids is 1. The molecule has 0 saturated heterocycles. The fourth-order valence-electron chi connectivity index (χ4n) is 7.00. The third-order valence-electron chi connectivity index (χ3n) is 10.7. The van der Waals surface area contributed by atoms with E-state index in [2.05, 4.69) is 30.5 Å². The standard InChI is InChI=1S/C44H78NO14P/c1-3-5-7-8-9-10-11-12-13-14-15-16-17-18-20-26-43(51)59-36(32-57-60(54,55)58-33-39(45)44(52)53)31-56-42(50)25-22-21-24-35(47)29-38-37(40(48)30-41(38)49)28-27-34(46)23-19-6-4-2/h12-13,27-28,34,36-41,46,48-49H,3-11,14-26,29-33,45H2,1-2H3,(H,52,53)(H,54,55)/b13-12-,28-27+/t34-,36+,37+,38+,39-,40+,41-/m0/s1. The van der Waals surface area contributed by atoms with Gasteiger partial charge in [0.05, 0.1) is 31.5 Å². The van der Waals surface area contributed by atoms with Gasteiger partial charge in [-0.1, -0.05) is 109 Å². The highest BCUT2D eigenvalue weighted by atomic mass is 31.2. The van der Waals surface area contributed by atoms with E-state index >= 15 is 0 Å². The van der Waals surface area contributed by atoms with Crippen molar-refractivity contribution in [1.82, 2.24) is 0 Å². The maximum Gasteiger partial charge on any atom is 0.472 e. The molecule has 7 N–H and O–H groups in total. The summed E-state index contributed by atoms with van der Waals surface area (Å²) in [5.74, 6) is -3.79. The highest BCUT2D eigenvalue weighted by molar-refractivity contribution is 7.47. The number of esters is 2. The van der Waals surface area contributed by atoms with Gasteiger partial charge in [-0.15, -0.1) is 0 Å². The van der Waals surface area contributed by atoms with Gasteiger partial charge >= 0.3 is 25.7 Å². The molecule has 0 heterocycles. The summed E-state index contributed by atoms with van der Waals surface area (Å²) in [5.41, 5.74) is 5.32. The largest absolute Gasteiger partial charge is 0.480 e. The number of carbonyl (C=O) groups excluding carboxylic acids is 3. The number of phosphoric ester groups is 1. The Morgan fingerprint density at radius 2 is 1.28 bits per heavy atom. The Bertz CT molecular complexity index is 1300. The minimum atomic E-state index is -4.81. The molecule has 8 atom stereocenters. The van der Waals surface area contributed by atoms with E-state index in [1.807, 2.05) is 0 Å². The van der Waals surface area contributed by atoms with Gasteiger partial charge in [0.15, 0.2) is 6.10 Å². The lowest BCUT2D eigenvalue weighted by Gasteiger charge is -2.20. The van der Waals surface area contributed by atoms with Crippen LogP contribution >= 0.6 is 7.82 Å². The lowest BCUT2D eigenvalue weighted by atomic mass is 9.87. The molecule has 0 bridgehead atoms. The second-order valence-electron chi connectivity index (χ2n) is 16.1. The number of carboxylic acid groups (broad SMARTS) is 1. The number of phosphoric acid groups is 1. The van der Waals surface area contributed by atoms with Crippen molar-refractivity contribution >= 4 is 31.5 Å². The van der Waals surface area contributed by atoms with Crippen LogP contribution in [-0.2, 0) is 42.3 Å². The fourth-order valence-corrected chi connectivity index (χ4v) is 7.77. The Morgan fingerprint density at radius 1 is 0.733 bits per heavy atom. The zero-order valence-corrected chi connectivity index (χ0v) is 37.3. The number of nitrogens with two attached hydrogens (primary N) is 1. The van der Waals surface area contributed by atoms with Crippen molar-refractivity contribution < 1.29 is 67.6 Å². The molecule has 0 aliphatic heterocycles. The summed E-state index contributed by atoms with van der Waals surface area (Å²) in [5, 5.41) is 40.2. The molecule has 1 fully saturated rings. The van der Waals surface area contributed by atoms with Gasteiger partial charge < -0.3 is 40.5 Å². The third kappa shape index (κ3) is 28.2. The molecule has 0 spiro atoms. The van der Waals surface area contributed by atoms with Crippen LogP contribution in [-0.4, -0.2) is 99.3 Å². The van der Waals surface area contributed by atoms with E-state index in [1.54, 1.807) is 12.2 Å². The van der Waals surface area contributed by atoms with Gasteiger partial charge in [-0.05, 0) is 51.4 Å². The topological polar surface area (TPSA) is 249 Å². The molecule has 1 aliphatic rings. The second kappa shape index (κ2) is 34.1. The maximum atomic E-state index is 12.8. The predicted molar refractivity (Wildman–Crippen MR) is 229 cm³/mol. The molecule has 1 rings (SSSR count). The van der Waals surface area contributed by atoms with Crippen molar-refractivity contribution in [1.29, 1.82) is 0 Å². The second-order valence-corrected chi connectivity index (χ2v) is 17.6. The average molecular weight is 876 g/mol. The van der Waals surface area contributed by atoms with Gasteiger partial charge in [0.25, 0.3) is 0 Å². The normalized spacial score (nSPS) is 20.6. The smallest absolute Gasteiger partial charge is 0.472 e. The first-order valence-electron chi connectivity index (χ1n) is 22.5. The number of rotatable bonds is 38. The lowest BCUT2D eigenvalue weighted by Crippen LogP contribution is -2.34. The summed E-state index contributed by atoms with van der Waals surface area (Å²) in [6, 6.07) is -1.58. The van der Waals surface area contributed by atoms with Gasteiger partial charge in [-0.3, -0.25) is 28.2 Å². The van der Waals surface area contributed by atoms with E-state index in [4.69, 9.17) is 24.8 Å². The number of aliphatic hydroxyl groups is 3. The molecule has 0 aromatic carbocycles. The minimum absolute atomic E-state index is 0.0499. The number of hydrogen-bond acceptors (Lipinski definition) is 13. The molecule has 0 aromatic heterocycles. The molecule has 1 saturated carbocycles. The first kappa shape index (κ1) is 55.5. The van der Waals surface area contributed by atoms with Gasteiger partial charge in [0, 0.05) is 43.9 Å². The minimum Gasteiger partial charge on any atom is -0.480 e. The van der Waals surface area contributed by atoms with Crippen LogP contribution in [0.25, 0.3) is 0 Å². The van der Waals surface area contributed by atoms with E-state index in [-0.39, 0.29) is 37.9 Å². The molecule has 16 heteroatoms. The highest BCUT2D eigenvalue weighted by Crippen LogP contribution is 2.43. The van der Waals surface area contributed by atoms with E-state index < -0.39 is 87.8 Å². The van der Waals surface area contributed by atoms with Crippen molar-refractivity contribution in [2.24, 2.45) is 17.6 Å². The van der Waals surface area contributed by atoms with E-state index in [1.165, 1.54) is 38.5 Å². The van der Waals surface area contributed by atoms with Gasteiger partial charge in [0.2, 0.25) is 0 Å². The monoisotopic (exact) mass is 876 g/mol. The molecule has 1 unspecified atom stereocenters. The third-order valence-corrected chi connectivity index (χ3v) is 11.6. The maximum absolute atomic E-state index is 12.8. The van der Waals surface area contributed by atoms with Crippen LogP contribution < -0.4 is 5.73 Å². The number of ketones is 1. The van der Waals surface area contributed by atoms with Gasteiger partial charge in [-0.2, -0.15) is 0 Å². The van der Waals surface area contributed by atoms with Gasteiger partial charge in [0.1, 0.15) is 18.4 Å². The quantitative estimate of drug-likeness (QED) is 0.0153. The summed E-state index contributed by atoms with van der Waals surface area (Å²) in [6.45, 7) is 2.30. The number of allylic oxidation sites excluding steroid dienone is 2. The SMILES string of the molecule is CCCCCCCC/C=C\CCCCCCCC(=O)O[C@H](COC(=O)CCCCC(=O)C[C@@H]1[C@@H](/C=C/[C@@H](O)CCCCC)[C@H](O)C[C@@H]1O)COP(=O)(O)OC[C@H](N)C(=O)O. The predicted octanol–water partition coefficient (Wildman–Crippen LogP) is 7.40. The summed E-state index contributed by atoms with van der Waals surface area (Å²) in [4.78, 5) is 59.0. The molecule has 348 valence electrons. The molecular formula is C44H78NO14P. The van der Waals surface area contributed by atoms with Crippen LogP contribution in [0.1, 0.15) is 168 Å². The molecule has 60 heavy (non-hydrogen) atoms. The van der Waals surface area contributed by atoms with E-state index in [0.29, 0.717) is 25.7 Å². The first-order chi connectivity index (χ1) is 28.7. The molecule has 0 aromatic rings. The summed E-state index contributed by atoms with van der Waals surface area (Å²) < 4.78 is 32.6. The number of carbonyl (C=O) groups is 4. The number of carboxylic acids is 1. The molecule has 15 nitrogen and oxygen atoms in total. The summed E-state index contributed by atoms with van der Waals surface area (Å²) >= 11 is 0. The van der Waals surface area contributed by atoms with Crippen LogP contribution in [0.15, 0.2) is 24.3 Å². The Morgan fingerprint density at radius 3 is 1.93 bits per heavy atom. The molecule has 0 amide bonds. The molecule has 0 radical (unpaired) electrons. The Hall–Kier alpha value is -2.49. The van der Waals surface area contributed by atoms with Crippen molar-refractivity contribution in [2.45, 2.75) is 198 Å². The summed E-state index contributed by atoms with van der Waals surface area (Å²) in [7, 11) is -4.81.